The summed E-state index contributed by atoms with van der Waals surface area (Å²) in [4.78, 5) is 23.8. The monoisotopic (exact) mass is 316 g/mol. The van der Waals surface area contributed by atoms with Crippen LogP contribution in [0.1, 0.15) is 36.7 Å². The number of rotatable bonds is 5. The lowest BCUT2D eigenvalue weighted by molar-refractivity contribution is 0.222. The molecule has 0 spiro atoms. The number of aromatic amines is 1. The van der Waals surface area contributed by atoms with Gasteiger partial charge in [-0.25, -0.2) is 4.98 Å². The summed E-state index contributed by atoms with van der Waals surface area (Å²) in [6.07, 6.45) is 0.809. The first-order valence-electron chi connectivity index (χ1n) is 8.25. The van der Waals surface area contributed by atoms with Crippen LogP contribution in [-0.2, 0) is 19.5 Å². The molecule has 0 saturated carbocycles. The average molecular weight is 316 g/mol. The summed E-state index contributed by atoms with van der Waals surface area (Å²) in [5.74, 6) is 2.54. The van der Waals surface area contributed by atoms with Crippen LogP contribution in [0.2, 0.25) is 0 Å². The van der Waals surface area contributed by atoms with Gasteiger partial charge in [0.1, 0.15) is 11.6 Å². The first-order chi connectivity index (χ1) is 11.1. The number of fused-ring (bicyclic) bond motifs is 1. The number of H-pyrrole nitrogens is 1. The van der Waals surface area contributed by atoms with Crippen LogP contribution in [0.3, 0.4) is 0 Å². The van der Waals surface area contributed by atoms with Crippen LogP contribution < -0.4 is 10.5 Å². The van der Waals surface area contributed by atoms with Gasteiger partial charge in [0, 0.05) is 38.7 Å². The number of nitrogens with zero attached hydrogens (tertiary/aromatic N) is 3. The molecule has 0 amide bonds. The highest BCUT2D eigenvalue weighted by atomic mass is 16.4. The van der Waals surface area contributed by atoms with Crippen molar-refractivity contribution < 1.29 is 4.42 Å². The van der Waals surface area contributed by atoms with Gasteiger partial charge in [-0.3, -0.25) is 9.69 Å². The summed E-state index contributed by atoms with van der Waals surface area (Å²) in [7, 11) is 0. The van der Waals surface area contributed by atoms with E-state index in [1.807, 2.05) is 19.1 Å². The lowest BCUT2D eigenvalue weighted by atomic mass is 10.1. The third kappa shape index (κ3) is 3.32. The van der Waals surface area contributed by atoms with Crippen molar-refractivity contribution in [2.45, 2.75) is 40.3 Å². The first-order valence-corrected chi connectivity index (χ1v) is 8.25. The molecule has 1 aliphatic rings. The maximum atomic E-state index is 12.1. The second-order valence-electron chi connectivity index (χ2n) is 5.95. The van der Waals surface area contributed by atoms with E-state index in [-0.39, 0.29) is 5.56 Å². The number of nitrogens with one attached hydrogen (secondary N) is 1. The molecule has 3 heterocycles. The molecule has 1 N–H and O–H groups in total. The zero-order valence-corrected chi connectivity index (χ0v) is 14.1. The Morgan fingerprint density at radius 3 is 2.87 bits per heavy atom. The van der Waals surface area contributed by atoms with Crippen molar-refractivity contribution in [2.24, 2.45) is 0 Å². The molecule has 2 aromatic heterocycles. The summed E-state index contributed by atoms with van der Waals surface area (Å²) >= 11 is 0. The van der Waals surface area contributed by atoms with E-state index in [2.05, 4.69) is 33.6 Å². The third-order valence-electron chi connectivity index (χ3n) is 4.37. The highest BCUT2D eigenvalue weighted by Crippen LogP contribution is 2.21. The maximum absolute atomic E-state index is 12.1. The topological polar surface area (TPSA) is 65.4 Å². The predicted octanol–water partition coefficient (Wildman–Crippen LogP) is 2.08. The number of hydrogen-bond donors (Lipinski definition) is 1. The Bertz CT molecular complexity index is 730. The maximum Gasteiger partial charge on any atom is 0.255 e. The normalized spacial score (nSPS) is 14.7. The van der Waals surface area contributed by atoms with Gasteiger partial charge in [-0.2, -0.15) is 0 Å². The van der Waals surface area contributed by atoms with Crippen molar-refractivity contribution >= 4 is 5.88 Å². The highest BCUT2D eigenvalue weighted by molar-refractivity contribution is 5.36. The van der Waals surface area contributed by atoms with Gasteiger partial charge in [0.05, 0.1) is 17.8 Å². The smallest absolute Gasteiger partial charge is 0.255 e. The van der Waals surface area contributed by atoms with Crippen LogP contribution in [0.4, 0.5) is 5.88 Å². The van der Waals surface area contributed by atoms with E-state index in [0.717, 1.165) is 49.0 Å². The molecule has 0 saturated heterocycles. The van der Waals surface area contributed by atoms with Crippen molar-refractivity contribution in [1.29, 1.82) is 0 Å². The van der Waals surface area contributed by atoms with Gasteiger partial charge < -0.3 is 14.3 Å². The van der Waals surface area contributed by atoms with Crippen LogP contribution in [0, 0.1) is 6.92 Å². The van der Waals surface area contributed by atoms with Gasteiger partial charge in [0.15, 0.2) is 5.88 Å². The largest absolute Gasteiger partial charge is 0.444 e. The highest BCUT2D eigenvalue weighted by Gasteiger charge is 2.21. The molecule has 1 aliphatic heterocycles. The standard InChI is InChI=1S/C17H24N4O2/c1-4-21(5-2)16-7-6-13(23-16)10-20-9-8-15-14(11-20)17(22)19-12(3)18-15/h6-7H,4-5,8-11H2,1-3H3,(H,18,19,22). The Kier molecular flexibility index (Phi) is 4.52. The van der Waals surface area contributed by atoms with Crippen molar-refractivity contribution in [2.75, 3.05) is 24.5 Å². The Morgan fingerprint density at radius 1 is 1.35 bits per heavy atom. The lowest BCUT2D eigenvalue weighted by Gasteiger charge is -2.26. The second-order valence-corrected chi connectivity index (χ2v) is 5.95. The number of hydrogen-bond acceptors (Lipinski definition) is 5. The fourth-order valence-corrected chi connectivity index (χ4v) is 3.12. The van der Waals surface area contributed by atoms with Crippen molar-refractivity contribution in [3.8, 4) is 0 Å². The molecule has 0 atom stereocenters. The van der Waals surface area contributed by atoms with Crippen molar-refractivity contribution in [3.05, 3.63) is 45.3 Å². The molecule has 0 radical (unpaired) electrons. The zero-order chi connectivity index (χ0) is 16.4. The van der Waals surface area contributed by atoms with Gasteiger partial charge in [-0.15, -0.1) is 0 Å². The fourth-order valence-electron chi connectivity index (χ4n) is 3.12. The molecule has 0 aliphatic carbocycles. The van der Waals surface area contributed by atoms with Gasteiger partial charge in [-0.05, 0) is 26.8 Å². The molecule has 124 valence electrons. The van der Waals surface area contributed by atoms with Gasteiger partial charge in [0.25, 0.3) is 5.56 Å². The predicted molar refractivity (Wildman–Crippen MR) is 89.7 cm³/mol. The molecule has 0 unspecified atom stereocenters. The quantitative estimate of drug-likeness (QED) is 0.915. The van der Waals surface area contributed by atoms with Crippen LogP contribution in [0.15, 0.2) is 21.3 Å². The lowest BCUT2D eigenvalue weighted by Crippen LogP contribution is -2.35. The minimum Gasteiger partial charge on any atom is -0.444 e. The molecule has 6 heteroatoms. The Hall–Kier alpha value is -2.08. The van der Waals surface area contributed by atoms with Gasteiger partial charge in [0.2, 0.25) is 0 Å². The Balaban J connectivity index is 1.72. The minimum absolute atomic E-state index is 0.0134. The van der Waals surface area contributed by atoms with E-state index in [0.29, 0.717) is 18.9 Å². The van der Waals surface area contributed by atoms with Crippen LogP contribution in [0.5, 0.6) is 0 Å². The molecule has 3 rings (SSSR count). The van der Waals surface area contributed by atoms with E-state index in [1.165, 1.54) is 0 Å². The van der Waals surface area contributed by atoms with E-state index in [1.54, 1.807) is 0 Å². The van der Waals surface area contributed by atoms with Crippen LogP contribution >= 0.6 is 0 Å². The summed E-state index contributed by atoms with van der Waals surface area (Å²) < 4.78 is 5.95. The Labute approximate surface area is 136 Å². The first kappa shape index (κ1) is 15.8. The Morgan fingerprint density at radius 2 is 2.13 bits per heavy atom. The van der Waals surface area contributed by atoms with Crippen molar-refractivity contribution in [3.63, 3.8) is 0 Å². The molecule has 6 nitrogen and oxygen atoms in total. The fraction of sp³-hybridized carbons (Fsp3) is 0.529. The molecule has 0 bridgehead atoms. The van der Waals surface area contributed by atoms with E-state index >= 15 is 0 Å². The number of aromatic nitrogens is 2. The summed E-state index contributed by atoms with van der Waals surface area (Å²) in [5, 5.41) is 0. The van der Waals surface area contributed by atoms with E-state index < -0.39 is 0 Å². The number of furan rings is 1. The van der Waals surface area contributed by atoms with Gasteiger partial charge in [-0.1, -0.05) is 0 Å². The van der Waals surface area contributed by atoms with Crippen LogP contribution in [0.25, 0.3) is 0 Å². The molecular formula is C17H24N4O2. The summed E-state index contributed by atoms with van der Waals surface area (Å²) in [6.45, 7) is 10.2. The number of aryl methyl sites for hydroxylation is 1. The van der Waals surface area contributed by atoms with E-state index in [9.17, 15) is 4.79 Å². The number of anilines is 1. The van der Waals surface area contributed by atoms with Crippen molar-refractivity contribution in [1.82, 2.24) is 14.9 Å². The molecule has 0 aromatic carbocycles. The van der Waals surface area contributed by atoms with Crippen LogP contribution in [-0.4, -0.2) is 34.5 Å². The summed E-state index contributed by atoms with van der Waals surface area (Å²) in [5.41, 5.74) is 1.71. The molecular weight excluding hydrogens is 292 g/mol. The van der Waals surface area contributed by atoms with Gasteiger partial charge >= 0.3 is 0 Å². The molecule has 23 heavy (non-hydrogen) atoms. The summed E-state index contributed by atoms with van der Waals surface area (Å²) in [6, 6.07) is 4.05. The average Bonchev–Trinajstić information content (AvgIpc) is 2.97. The molecule has 2 aromatic rings. The second kappa shape index (κ2) is 6.58. The SMILES string of the molecule is CCN(CC)c1ccc(CN2CCc3nc(C)[nH]c(=O)c3C2)o1. The third-order valence-corrected chi connectivity index (χ3v) is 4.37. The minimum atomic E-state index is -0.0134. The zero-order valence-electron chi connectivity index (χ0n) is 14.1. The van der Waals surface area contributed by atoms with E-state index in [4.69, 9.17) is 4.42 Å². The molecule has 0 fully saturated rings.